The van der Waals surface area contributed by atoms with Gasteiger partial charge in [0.25, 0.3) is 0 Å². The lowest BCUT2D eigenvalue weighted by Crippen LogP contribution is -2.30. The number of likely N-dealkylation sites (N-methyl/N-ethyl adjacent to an activating group) is 1. The van der Waals surface area contributed by atoms with Gasteiger partial charge in [0.2, 0.25) is 0 Å². The number of hydrogen-bond acceptors (Lipinski definition) is 2. The summed E-state index contributed by atoms with van der Waals surface area (Å²) in [6.45, 7) is 8.72. The zero-order chi connectivity index (χ0) is 13.3. The Kier molecular flexibility index (Phi) is 4.08. The molecule has 2 heteroatoms. The molecule has 0 amide bonds. The monoisotopic (exact) mass is 247 g/mol. The van der Waals surface area contributed by atoms with Crippen molar-refractivity contribution in [3.05, 3.63) is 34.4 Å². The maximum absolute atomic E-state index is 6.03. The van der Waals surface area contributed by atoms with E-state index < -0.39 is 0 Å². The summed E-state index contributed by atoms with van der Waals surface area (Å²) in [7, 11) is 2.03. The van der Waals surface area contributed by atoms with E-state index >= 15 is 0 Å². The second-order valence-electron chi connectivity index (χ2n) is 5.62. The molecule has 1 saturated heterocycles. The minimum atomic E-state index is 0.311. The van der Waals surface area contributed by atoms with Gasteiger partial charge in [-0.3, -0.25) is 0 Å². The van der Waals surface area contributed by atoms with Crippen molar-refractivity contribution in [3.63, 3.8) is 0 Å². The molecule has 1 N–H and O–H groups in total. The van der Waals surface area contributed by atoms with Crippen molar-refractivity contribution in [2.24, 2.45) is 0 Å². The van der Waals surface area contributed by atoms with Crippen molar-refractivity contribution >= 4 is 0 Å². The van der Waals surface area contributed by atoms with Gasteiger partial charge in [0, 0.05) is 0 Å². The van der Waals surface area contributed by atoms with Crippen LogP contribution in [0.3, 0.4) is 0 Å². The summed E-state index contributed by atoms with van der Waals surface area (Å²) in [6.07, 6.45) is 3.04. The van der Waals surface area contributed by atoms with Gasteiger partial charge in [-0.05, 0) is 69.8 Å². The predicted molar refractivity (Wildman–Crippen MR) is 76.0 cm³/mol. The van der Waals surface area contributed by atoms with E-state index in [0.717, 1.165) is 6.42 Å². The largest absolute Gasteiger partial charge is 0.373 e. The summed E-state index contributed by atoms with van der Waals surface area (Å²) < 4.78 is 6.03. The normalized spacial score (nSPS) is 25.4. The quantitative estimate of drug-likeness (QED) is 0.883. The van der Waals surface area contributed by atoms with Crippen LogP contribution in [-0.4, -0.2) is 19.3 Å². The highest BCUT2D eigenvalue weighted by Crippen LogP contribution is 2.32. The van der Waals surface area contributed by atoms with Crippen LogP contribution in [0.1, 0.15) is 48.1 Å². The van der Waals surface area contributed by atoms with Crippen LogP contribution in [0.5, 0.6) is 0 Å². The van der Waals surface area contributed by atoms with Crippen LogP contribution in [0.25, 0.3) is 0 Å². The lowest BCUT2D eigenvalue weighted by atomic mass is 9.92. The predicted octanol–water partition coefficient (Wildman–Crippen LogP) is 3.44. The smallest absolute Gasteiger partial charge is 0.0774 e. The first-order chi connectivity index (χ1) is 8.52. The van der Waals surface area contributed by atoms with Crippen LogP contribution in [0.2, 0.25) is 0 Å². The fourth-order valence-corrected chi connectivity index (χ4v) is 2.94. The van der Waals surface area contributed by atoms with Crippen molar-refractivity contribution in [2.45, 2.75) is 58.8 Å². The molecule has 3 atom stereocenters. The number of aryl methyl sites for hydroxylation is 3. The van der Waals surface area contributed by atoms with Gasteiger partial charge in [-0.25, -0.2) is 0 Å². The van der Waals surface area contributed by atoms with Gasteiger partial charge in [0.1, 0.15) is 0 Å². The number of rotatable bonds is 3. The Labute approximate surface area is 111 Å². The molecular weight excluding hydrogens is 222 g/mol. The van der Waals surface area contributed by atoms with E-state index in [9.17, 15) is 0 Å². The molecule has 3 unspecified atom stereocenters. The molecule has 2 nitrogen and oxygen atoms in total. The van der Waals surface area contributed by atoms with Crippen molar-refractivity contribution in [3.8, 4) is 0 Å². The average Bonchev–Trinajstić information content (AvgIpc) is 2.73. The Balaban J connectivity index is 2.30. The minimum Gasteiger partial charge on any atom is -0.373 e. The van der Waals surface area contributed by atoms with Gasteiger partial charge in [-0.2, -0.15) is 0 Å². The highest BCUT2D eigenvalue weighted by molar-refractivity contribution is 5.38. The Morgan fingerprint density at radius 2 is 1.78 bits per heavy atom. The summed E-state index contributed by atoms with van der Waals surface area (Å²) in [6, 6.07) is 4.92. The van der Waals surface area contributed by atoms with Crippen molar-refractivity contribution < 1.29 is 4.74 Å². The summed E-state index contributed by atoms with van der Waals surface area (Å²) in [5, 5.41) is 3.44. The van der Waals surface area contributed by atoms with E-state index in [2.05, 4.69) is 45.1 Å². The van der Waals surface area contributed by atoms with E-state index in [1.807, 2.05) is 7.05 Å². The molecule has 0 bridgehead atoms. The summed E-state index contributed by atoms with van der Waals surface area (Å²) in [5.41, 5.74) is 5.48. The van der Waals surface area contributed by atoms with E-state index in [1.165, 1.54) is 28.7 Å². The Morgan fingerprint density at radius 1 is 1.11 bits per heavy atom. The number of ether oxygens (including phenoxy) is 1. The second kappa shape index (κ2) is 5.41. The molecule has 1 aliphatic heterocycles. The summed E-state index contributed by atoms with van der Waals surface area (Å²) >= 11 is 0. The Morgan fingerprint density at radius 3 is 2.33 bits per heavy atom. The van der Waals surface area contributed by atoms with Gasteiger partial charge < -0.3 is 10.1 Å². The molecule has 1 aromatic rings. The molecule has 0 aromatic heterocycles. The van der Waals surface area contributed by atoms with Crippen LogP contribution in [-0.2, 0) is 4.74 Å². The van der Waals surface area contributed by atoms with Crippen molar-refractivity contribution in [1.29, 1.82) is 0 Å². The lowest BCUT2D eigenvalue weighted by molar-refractivity contribution is 0.0332. The summed E-state index contributed by atoms with van der Waals surface area (Å²) in [4.78, 5) is 0. The third-order valence-corrected chi connectivity index (χ3v) is 4.17. The van der Waals surface area contributed by atoms with Crippen molar-refractivity contribution in [2.75, 3.05) is 7.05 Å². The second-order valence-corrected chi connectivity index (χ2v) is 5.62. The lowest BCUT2D eigenvalue weighted by Gasteiger charge is -2.26. The van der Waals surface area contributed by atoms with Crippen LogP contribution in [0.4, 0.5) is 0 Å². The maximum atomic E-state index is 6.03. The third kappa shape index (κ3) is 2.60. The topological polar surface area (TPSA) is 21.3 Å². The molecule has 0 radical (unpaired) electrons. The summed E-state index contributed by atoms with van der Waals surface area (Å²) in [5.74, 6) is 0. The third-order valence-electron chi connectivity index (χ3n) is 4.17. The van der Waals surface area contributed by atoms with Gasteiger partial charge in [-0.1, -0.05) is 12.1 Å². The fraction of sp³-hybridized carbons (Fsp3) is 0.625. The highest BCUT2D eigenvalue weighted by Gasteiger charge is 2.30. The molecule has 1 heterocycles. The van der Waals surface area contributed by atoms with Gasteiger partial charge in [-0.15, -0.1) is 0 Å². The molecular formula is C16H25NO. The van der Waals surface area contributed by atoms with Crippen LogP contribution in [0, 0.1) is 20.8 Å². The van der Waals surface area contributed by atoms with E-state index in [1.54, 1.807) is 0 Å². The van der Waals surface area contributed by atoms with E-state index in [-0.39, 0.29) is 0 Å². The molecule has 1 aliphatic rings. The average molecular weight is 247 g/mol. The number of hydrogen-bond donors (Lipinski definition) is 1. The molecule has 1 aromatic carbocycles. The molecule has 2 rings (SSSR count). The first kappa shape index (κ1) is 13.6. The molecule has 0 saturated carbocycles. The number of benzene rings is 1. The minimum absolute atomic E-state index is 0.311. The number of nitrogens with one attached hydrogen (secondary N) is 1. The zero-order valence-corrected chi connectivity index (χ0v) is 12.2. The molecule has 0 aliphatic carbocycles. The van der Waals surface area contributed by atoms with Crippen LogP contribution < -0.4 is 5.32 Å². The maximum Gasteiger partial charge on any atom is 0.0774 e. The Bertz CT molecular complexity index is 427. The van der Waals surface area contributed by atoms with Gasteiger partial charge in [0.05, 0.1) is 18.2 Å². The van der Waals surface area contributed by atoms with E-state index in [4.69, 9.17) is 4.74 Å². The zero-order valence-electron chi connectivity index (χ0n) is 12.2. The first-order valence-electron chi connectivity index (χ1n) is 6.93. The standard InChI is InChI=1S/C16H25NO/c1-10-8-12(3)14(9-11(10)2)16(17-5)15-7-6-13(4)18-15/h8-9,13,15-17H,6-7H2,1-5H3. The molecule has 100 valence electrons. The van der Waals surface area contributed by atoms with Crippen molar-refractivity contribution in [1.82, 2.24) is 5.32 Å². The van der Waals surface area contributed by atoms with E-state index in [0.29, 0.717) is 18.2 Å². The SMILES string of the molecule is CNC(c1cc(C)c(C)cc1C)C1CCC(C)O1. The van der Waals surface area contributed by atoms with Crippen LogP contribution in [0.15, 0.2) is 12.1 Å². The molecule has 18 heavy (non-hydrogen) atoms. The van der Waals surface area contributed by atoms with Crippen LogP contribution >= 0.6 is 0 Å². The van der Waals surface area contributed by atoms with Gasteiger partial charge in [0.15, 0.2) is 0 Å². The molecule has 1 fully saturated rings. The fourth-order valence-electron chi connectivity index (χ4n) is 2.94. The highest BCUT2D eigenvalue weighted by atomic mass is 16.5. The first-order valence-corrected chi connectivity index (χ1v) is 6.93. The van der Waals surface area contributed by atoms with Gasteiger partial charge >= 0.3 is 0 Å². The Hall–Kier alpha value is -0.860. The molecule has 0 spiro atoms.